The van der Waals surface area contributed by atoms with E-state index in [1.807, 2.05) is 0 Å². The molecule has 0 saturated carbocycles. The van der Waals surface area contributed by atoms with Gasteiger partial charge in [0.05, 0.1) is 10.9 Å². The molecular formula is C27H15Cl2F3O3. The SMILES string of the molecule is O=c1c(-c2cccc3ccccc23)c(C(F)(F)F)oc2cc(OCc3ccc(Cl)cc3Cl)ccc12. The third-order valence-electron chi connectivity index (χ3n) is 5.59. The minimum absolute atomic E-state index is 0.0119. The van der Waals surface area contributed by atoms with E-state index < -0.39 is 22.9 Å². The molecule has 0 aliphatic carbocycles. The van der Waals surface area contributed by atoms with E-state index in [1.54, 1.807) is 54.6 Å². The van der Waals surface area contributed by atoms with Crippen LogP contribution in [0.3, 0.4) is 0 Å². The van der Waals surface area contributed by atoms with Crippen molar-refractivity contribution in [3.8, 4) is 16.9 Å². The number of benzene rings is 4. The number of halogens is 5. The van der Waals surface area contributed by atoms with Crippen molar-refractivity contribution in [1.82, 2.24) is 0 Å². The zero-order valence-corrected chi connectivity index (χ0v) is 19.3. The second-order valence-electron chi connectivity index (χ2n) is 7.84. The fourth-order valence-electron chi connectivity index (χ4n) is 3.95. The van der Waals surface area contributed by atoms with Crippen LogP contribution in [-0.4, -0.2) is 0 Å². The molecule has 0 unspecified atom stereocenters. The van der Waals surface area contributed by atoms with Crippen molar-refractivity contribution in [1.29, 1.82) is 0 Å². The Balaban J connectivity index is 1.63. The summed E-state index contributed by atoms with van der Waals surface area (Å²) < 4.78 is 53.3. The van der Waals surface area contributed by atoms with Gasteiger partial charge in [0.2, 0.25) is 11.2 Å². The average Bonchev–Trinajstić information content (AvgIpc) is 2.82. The van der Waals surface area contributed by atoms with E-state index in [-0.39, 0.29) is 28.9 Å². The molecule has 8 heteroatoms. The number of hydrogen-bond donors (Lipinski definition) is 0. The molecule has 0 N–H and O–H groups in total. The Labute approximate surface area is 207 Å². The molecule has 3 nitrogen and oxygen atoms in total. The summed E-state index contributed by atoms with van der Waals surface area (Å²) in [7, 11) is 0. The van der Waals surface area contributed by atoms with E-state index in [1.165, 1.54) is 24.3 Å². The summed E-state index contributed by atoms with van der Waals surface area (Å²) in [5.74, 6) is -1.14. The molecule has 1 aromatic heterocycles. The molecule has 5 aromatic rings. The van der Waals surface area contributed by atoms with Gasteiger partial charge in [-0.3, -0.25) is 4.79 Å². The smallest absolute Gasteiger partial charge is 0.450 e. The van der Waals surface area contributed by atoms with Gasteiger partial charge in [0, 0.05) is 21.7 Å². The first-order valence-electron chi connectivity index (χ1n) is 10.5. The number of rotatable bonds is 4. The maximum atomic E-state index is 14.1. The fraction of sp³-hybridized carbons (Fsp3) is 0.0741. The molecule has 0 atom stereocenters. The van der Waals surface area contributed by atoms with Crippen LogP contribution in [0.25, 0.3) is 32.9 Å². The van der Waals surface area contributed by atoms with Crippen LogP contribution in [0.2, 0.25) is 10.0 Å². The van der Waals surface area contributed by atoms with Crippen LogP contribution in [-0.2, 0) is 12.8 Å². The number of ether oxygens (including phenoxy) is 1. The van der Waals surface area contributed by atoms with Crippen LogP contribution in [0.15, 0.2) is 88.1 Å². The van der Waals surface area contributed by atoms with Crippen molar-refractivity contribution in [2.75, 3.05) is 0 Å². The van der Waals surface area contributed by atoms with E-state index in [4.69, 9.17) is 32.4 Å². The maximum absolute atomic E-state index is 14.1. The molecular weight excluding hydrogens is 500 g/mol. The van der Waals surface area contributed by atoms with Gasteiger partial charge in [0.25, 0.3) is 0 Å². The van der Waals surface area contributed by atoms with E-state index in [2.05, 4.69) is 0 Å². The van der Waals surface area contributed by atoms with Crippen molar-refractivity contribution >= 4 is 44.9 Å². The normalized spacial score (nSPS) is 11.8. The van der Waals surface area contributed by atoms with E-state index in [0.717, 1.165) is 0 Å². The van der Waals surface area contributed by atoms with Crippen molar-refractivity contribution in [2.45, 2.75) is 12.8 Å². The van der Waals surface area contributed by atoms with Gasteiger partial charge in [-0.1, -0.05) is 71.7 Å². The molecule has 4 aromatic carbocycles. The van der Waals surface area contributed by atoms with Crippen LogP contribution < -0.4 is 10.2 Å². The molecule has 5 rings (SSSR count). The van der Waals surface area contributed by atoms with E-state index >= 15 is 0 Å². The molecule has 0 bridgehead atoms. The molecule has 0 amide bonds. The summed E-state index contributed by atoms with van der Waals surface area (Å²) in [6, 6.07) is 20.9. The van der Waals surface area contributed by atoms with Crippen molar-refractivity contribution in [2.24, 2.45) is 0 Å². The first-order valence-corrected chi connectivity index (χ1v) is 11.2. The van der Waals surface area contributed by atoms with Gasteiger partial charge in [0.15, 0.2) is 0 Å². The van der Waals surface area contributed by atoms with Crippen molar-refractivity contribution in [3.05, 3.63) is 110 Å². The van der Waals surface area contributed by atoms with Crippen molar-refractivity contribution in [3.63, 3.8) is 0 Å². The predicted molar refractivity (Wildman–Crippen MR) is 131 cm³/mol. The summed E-state index contributed by atoms with van der Waals surface area (Å²) in [6.07, 6.45) is -4.90. The molecule has 0 radical (unpaired) electrons. The van der Waals surface area contributed by atoms with Gasteiger partial charge in [0.1, 0.15) is 17.9 Å². The summed E-state index contributed by atoms with van der Waals surface area (Å²) in [6.45, 7) is 0.0476. The standard InChI is InChI=1S/C27H15Cl2F3O3/c28-17-9-8-16(22(29)12-17)14-34-18-10-11-21-23(13-18)35-26(27(30,31)32)24(25(21)33)20-7-3-5-15-4-1-2-6-19(15)20/h1-13H,14H2. The molecule has 0 spiro atoms. The molecule has 176 valence electrons. The van der Waals surface area contributed by atoms with Crippen LogP contribution in [0.5, 0.6) is 5.75 Å². The highest BCUT2D eigenvalue weighted by Gasteiger charge is 2.39. The Morgan fingerprint density at radius 2 is 1.63 bits per heavy atom. The van der Waals surface area contributed by atoms with Gasteiger partial charge >= 0.3 is 6.18 Å². The first-order chi connectivity index (χ1) is 16.7. The molecule has 0 aliphatic heterocycles. The molecule has 0 saturated heterocycles. The van der Waals surface area contributed by atoms with Crippen LogP contribution in [0.1, 0.15) is 11.3 Å². The minimum Gasteiger partial charge on any atom is -0.489 e. The minimum atomic E-state index is -4.90. The highest BCUT2D eigenvalue weighted by atomic mass is 35.5. The van der Waals surface area contributed by atoms with Gasteiger partial charge in [-0.2, -0.15) is 13.2 Å². The van der Waals surface area contributed by atoms with Gasteiger partial charge in [-0.25, -0.2) is 0 Å². The van der Waals surface area contributed by atoms with E-state index in [9.17, 15) is 18.0 Å². The Kier molecular flexibility index (Phi) is 5.95. The topological polar surface area (TPSA) is 39.4 Å². The second kappa shape index (κ2) is 8.95. The lowest BCUT2D eigenvalue weighted by Crippen LogP contribution is -2.16. The maximum Gasteiger partial charge on any atom is 0.450 e. The monoisotopic (exact) mass is 514 g/mol. The third-order valence-corrected chi connectivity index (χ3v) is 6.18. The molecule has 35 heavy (non-hydrogen) atoms. The van der Waals surface area contributed by atoms with Crippen LogP contribution >= 0.6 is 23.2 Å². The number of hydrogen-bond acceptors (Lipinski definition) is 3. The lowest BCUT2D eigenvalue weighted by molar-refractivity contribution is -0.152. The highest BCUT2D eigenvalue weighted by molar-refractivity contribution is 6.35. The van der Waals surface area contributed by atoms with Gasteiger partial charge in [-0.05, 0) is 40.6 Å². The second-order valence-corrected chi connectivity index (χ2v) is 8.69. The zero-order valence-electron chi connectivity index (χ0n) is 17.8. The Morgan fingerprint density at radius 1 is 0.857 bits per heavy atom. The Morgan fingerprint density at radius 3 is 2.40 bits per heavy atom. The molecule has 0 aliphatic rings. The average molecular weight is 515 g/mol. The zero-order chi connectivity index (χ0) is 24.7. The summed E-state index contributed by atoms with van der Waals surface area (Å²) in [5.41, 5.74) is -0.736. The van der Waals surface area contributed by atoms with Gasteiger partial charge < -0.3 is 9.15 Å². The Hall–Kier alpha value is -3.48. The van der Waals surface area contributed by atoms with Crippen LogP contribution in [0.4, 0.5) is 13.2 Å². The largest absolute Gasteiger partial charge is 0.489 e. The lowest BCUT2D eigenvalue weighted by Gasteiger charge is -2.15. The summed E-state index contributed by atoms with van der Waals surface area (Å²) in [4.78, 5) is 13.4. The third kappa shape index (κ3) is 4.47. The quantitative estimate of drug-likeness (QED) is 0.241. The summed E-state index contributed by atoms with van der Waals surface area (Å²) in [5, 5.41) is 2.10. The number of alkyl halides is 3. The fourth-order valence-corrected chi connectivity index (χ4v) is 4.41. The van der Waals surface area contributed by atoms with Gasteiger partial charge in [-0.15, -0.1) is 0 Å². The predicted octanol–water partition coefficient (Wildman–Crippen LogP) is 8.52. The van der Waals surface area contributed by atoms with E-state index in [0.29, 0.717) is 26.4 Å². The van der Waals surface area contributed by atoms with Crippen LogP contribution in [0, 0.1) is 0 Å². The first kappa shape index (κ1) is 23.3. The van der Waals surface area contributed by atoms with Crippen molar-refractivity contribution < 1.29 is 22.3 Å². The lowest BCUT2D eigenvalue weighted by atomic mass is 9.96. The summed E-state index contributed by atoms with van der Waals surface area (Å²) >= 11 is 12.0. The molecule has 1 heterocycles. The molecule has 0 fully saturated rings. The Bertz CT molecular complexity index is 1640. The number of fused-ring (bicyclic) bond motifs is 2. The highest BCUT2D eigenvalue weighted by Crippen LogP contribution is 2.40.